The number of hydrogen-bond donors (Lipinski definition) is 1. The second-order valence-electron chi connectivity index (χ2n) is 5.03. The minimum Gasteiger partial charge on any atom is -0.494 e. The Labute approximate surface area is 146 Å². The maximum absolute atomic E-state index is 12.3. The molecule has 0 saturated carbocycles. The molecule has 6 heteroatoms. The van der Waals surface area contributed by atoms with Crippen LogP contribution in [0.15, 0.2) is 62.2 Å². The Morgan fingerprint density at radius 3 is 2.62 bits per heavy atom. The van der Waals surface area contributed by atoms with Gasteiger partial charge in [0.15, 0.2) is 11.2 Å². The van der Waals surface area contributed by atoms with Crippen molar-refractivity contribution in [2.45, 2.75) is 6.92 Å². The summed E-state index contributed by atoms with van der Waals surface area (Å²) in [5.74, 6) is 0.190. The molecule has 1 N–H and O–H groups in total. The van der Waals surface area contributed by atoms with Crippen LogP contribution >= 0.6 is 15.9 Å². The largest absolute Gasteiger partial charge is 0.494 e. The Hall–Kier alpha value is -2.60. The van der Waals surface area contributed by atoms with E-state index in [0.29, 0.717) is 23.3 Å². The highest BCUT2D eigenvalue weighted by molar-refractivity contribution is 9.10. The summed E-state index contributed by atoms with van der Waals surface area (Å²) in [7, 11) is 0. The van der Waals surface area contributed by atoms with Gasteiger partial charge in [-0.1, -0.05) is 15.9 Å². The molecule has 24 heavy (non-hydrogen) atoms. The molecule has 1 amide bonds. The number of ether oxygens (including phenoxy) is 1. The van der Waals surface area contributed by atoms with Gasteiger partial charge in [-0.3, -0.25) is 9.59 Å². The van der Waals surface area contributed by atoms with Crippen LogP contribution in [0.5, 0.6) is 5.75 Å². The van der Waals surface area contributed by atoms with Gasteiger partial charge in [0.1, 0.15) is 11.3 Å². The fourth-order valence-corrected chi connectivity index (χ4v) is 2.57. The van der Waals surface area contributed by atoms with E-state index in [4.69, 9.17) is 9.15 Å². The number of carbonyl (C=O) groups is 1. The fraction of sp³-hybridized carbons (Fsp3) is 0.111. The molecule has 3 rings (SSSR count). The van der Waals surface area contributed by atoms with E-state index in [1.165, 1.54) is 6.07 Å². The molecule has 0 spiro atoms. The standard InChI is InChI=1S/C18H14BrNO4/c1-2-23-13-6-4-12(5-7-13)20-18(22)17-10-15(21)14-8-3-11(19)9-16(14)24-17/h3-10H,2H2,1H3,(H,20,22). The van der Waals surface area contributed by atoms with Crippen molar-refractivity contribution in [2.24, 2.45) is 0 Å². The summed E-state index contributed by atoms with van der Waals surface area (Å²) in [6.45, 7) is 2.47. The summed E-state index contributed by atoms with van der Waals surface area (Å²) in [5.41, 5.74) is 0.676. The fourth-order valence-electron chi connectivity index (χ4n) is 2.23. The van der Waals surface area contributed by atoms with Crippen LogP contribution < -0.4 is 15.5 Å². The number of rotatable bonds is 4. The van der Waals surface area contributed by atoms with E-state index in [1.807, 2.05) is 6.92 Å². The first kappa shape index (κ1) is 16.3. The van der Waals surface area contributed by atoms with Gasteiger partial charge in [0.2, 0.25) is 0 Å². The van der Waals surface area contributed by atoms with Gasteiger partial charge in [-0.25, -0.2) is 0 Å². The van der Waals surface area contributed by atoms with Crippen molar-refractivity contribution in [2.75, 3.05) is 11.9 Å². The molecule has 0 saturated heterocycles. The predicted molar refractivity (Wildman–Crippen MR) is 95.7 cm³/mol. The molecule has 0 radical (unpaired) electrons. The number of carbonyl (C=O) groups excluding carboxylic acids is 1. The molecule has 0 fully saturated rings. The summed E-state index contributed by atoms with van der Waals surface area (Å²) in [6, 6.07) is 13.2. The van der Waals surface area contributed by atoms with Crippen molar-refractivity contribution in [3.05, 3.63) is 69.0 Å². The quantitative estimate of drug-likeness (QED) is 0.727. The molecule has 3 aromatic rings. The third-order valence-electron chi connectivity index (χ3n) is 3.34. The number of fused-ring (bicyclic) bond motifs is 1. The van der Waals surface area contributed by atoms with Crippen molar-refractivity contribution in [3.63, 3.8) is 0 Å². The molecular formula is C18H14BrNO4. The molecule has 0 aliphatic carbocycles. The Kier molecular flexibility index (Phi) is 4.66. The van der Waals surface area contributed by atoms with Crippen molar-refractivity contribution in [1.82, 2.24) is 0 Å². The van der Waals surface area contributed by atoms with Crippen LogP contribution in [0, 0.1) is 0 Å². The summed E-state index contributed by atoms with van der Waals surface area (Å²) >= 11 is 3.32. The minimum absolute atomic E-state index is 0.0421. The molecule has 122 valence electrons. The zero-order valence-electron chi connectivity index (χ0n) is 12.8. The van der Waals surface area contributed by atoms with Crippen LogP contribution in [0.1, 0.15) is 17.5 Å². The second-order valence-corrected chi connectivity index (χ2v) is 5.94. The minimum atomic E-state index is -0.488. The third-order valence-corrected chi connectivity index (χ3v) is 3.83. The van der Waals surface area contributed by atoms with Crippen LogP contribution in [-0.2, 0) is 0 Å². The van der Waals surface area contributed by atoms with Crippen LogP contribution in [0.2, 0.25) is 0 Å². The van der Waals surface area contributed by atoms with Gasteiger partial charge in [0.05, 0.1) is 12.0 Å². The summed E-state index contributed by atoms with van der Waals surface area (Å²) < 4.78 is 11.7. The third kappa shape index (κ3) is 3.49. The van der Waals surface area contributed by atoms with Crippen molar-refractivity contribution in [3.8, 4) is 5.75 Å². The summed E-state index contributed by atoms with van der Waals surface area (Å²) in [6.07, 6.45) is 0. The van der Waals surface area contributed by atoms with E-state index >= 15 is 0 Å². The molecule has 0 aliphatic heterocycles. The van der Waals surface area contributed by atoms with Gasteiger partial charge >= 0.3 is 0 Å². The smallest absolute Gasteiger partial charge is 0.291 e. The molecule has 2 aromatic carbocycles. The number of hydrogen-bond acceptors (Lipinski definition) is 4. The number of anilines is 1. The highest BCUT2D eigenvalue weighted by Gasteiger charge is 2.13. The van der Waals surface area contributed by atoms with Gasteiger partial charge in [-0.05, 0) is 49.4 Å². The van der Waals surface area contributed by atoms with E-state index in [9.17, 15) is 9.59 Å². The highest BCUT2D eigenvalue weighted by atomic mass is 79.9. The van der Waals surface area contributed by atoms with E-state index in [0.717, 1.165) is 10.2 Å². The zero-order valence-corrected chi connectivity index (χ0v) is 14.4. The monoisotopic (exact) mass is 387 g/mol. The number of benzene rings is 2. The lowest BCUT2D eigenvalue weighted by Crippen LogP contribution is -2.14. The molecule has 1 heterocycles. The van der Waals surface area contributed by atoms with E-state index in [-0.39, 0.29) is 11.2 Å². The summed E-state index contributed by atoms with van der Waals surface area (Å²) in [4.78, 5) is 24.4. The first-order chi connectivity index (χ1) is 11.6. The zero-order chi connectivity index (χ0) is 17.1. The number of amides is 1. The average molecular weight is 388 g/mol. The summed E-state index contributed by atoms with van der Waals surface area (Å²) in [5, 5.41) is 3.12. The Balaban J connectivity index is 1.87. The van der Waals surface area contributed by atoms with Gasteiger partial charge in [-0.15, -0.1) is 0 Å². The average Bonchev–Trinajstić information content (AvgIpc) is 2.56. The lowest BCUT2D eigenvalue weighted by molar-refractivity contribution is 0.0997. The lowest BCUT2D eigenvalue weighted by atomic mass is 10.2. The Morgan fingerprint density at radius 1 is 1.17 bits per heavy atom. The lowest BCUT2D eigenvalue weighted by Gasteiger charge is -2.07. The number of halogens is 1. The molecule has 5 nitrogen and oxygen atoms in total. The predicted octanol–water partition coefficient (Wildman–Crippen LogP) is 4.21. The van der Waals surface area contributed by atoms with Crippen molar-refractivity contribution >= 4 is 38.5 Å². The van der Waals surface area contributed by atoms with Crippen molar-refractivity contribution < 1.29 is 13.9 Å². The normalized spacial score (nSPS) is 10.6. The van der Waals surface area contributed by atoms with Crippen LogP contribution in [0.3, 0.4) is 0 Å². The molecule has 0 aliphatic rings. The molecule has 0 unspecified atom stereocenters. The first-order valence-electron chi connectivity index (χ1n) is 7.34. The van der Waals surface area contributed by atoms with Gasteiger partial charge < -0.3 is 14.5 Å². The second kappa shape index (κ2) is 6.88. The van der Waals surface area contributed by atoms with Crippen molar-refractivity contribution in [1.29, 1.82) is 0 Å². The SMILES string of the molecule is CCOc1ccc(NC(=O)c2cc(=O)c3ccc(Br)cc3o2)cc1. The number of nitrogens with one attached hydrogen (secondary N) is 1. The Morgan fingerprint density at radius 2 is 1.92 bits per heavy atom. The molecular weight excluding hydrogens is 374 g/mol. The molecule has 0 bridgehead atoms. The van der Waals surface area contributed by atoms with Gasteiger partial charge in [0, 0.05) is 16.2 Å². The maximum atomic E-state index is 12.3. The molecule has 0 atom stereocenters. The first-order valence-corrected chi connectivity index (χ1v) is 8.14. The Bertz CT molecular complexity index is 947. The highest BCUT2D eigenvalue weighted by Crippen LogP contribution is 2.20. The molecule has 1 aromatic heterocycles. The van der Waals surface area contributed by atoms with Crippen LogP contribution in [0.4, 0.5) is 5.69 Å². The van der Waals surface area contributed by atoms with Gasteiger partial charge in [0.25, 0.3) is 5.91 Å². The van der Waals surface area contributed by atoms with E-state index in [1.54, 1.807) is 42.5 Å². The topological polar surface area (TPSA) is 68.5 Å². The van der Waals surface area contributed by atoms with Crippen LogP contribution in [0.25, 0.3) is 11.0 Å². The van der Waals surface area contributed by atoms with E-state index < -0.39 is 5.91 Å². The maximum Gasteiger partial charge on any atom is 0.291 e. The van der Waals surface area contributed by atoms with E-state index in [2.05, 4.69) is 21.2 Å². The van der Waals surface area contributed by atoms with Crippen LogP contribution in [-0.4, -0.2) is 12.5 Å². The van der Waals surface area contributed by atoms with Gasteiger partial charge in [-0.2, -0.15) is 0 Å².